The van der Waals surface area contributed by atoms with Crippen LogP contribution in [0, 0.1) is 35.1 Å². The van der Waals surface area contributed by atoms with E-state index in [4.69, 9.17) is 58.1 Å². The summed E-state index contributed by atoms with van der Waals surface area (Å²) in [5, 5.41) is 39.0. The number of hydrogen-bond acceptors (Lipinski definition) is 4. The molecule has 2 aliphatic carbocycles. The molecule has 0 bridgehead atoms. The first-order valence-corrected chi connectivity index (χ1v) is 26.1. The standard InChI is InChI=1S/2C9H10O2.2C7H13NO2.CH3.4ClH.3H2N.2Pt/c2*1-6-3-4-8(9(10)11)7(2)5-6;2*9-7(10)8-6-4-2-1-3-5-6;;;;;;;;;;/h2*3-5H,1-2H3,(H,10,11);2*6,8H,1-5H2,(H,9,10);1H3;4*1H;3*1H2;;/q;;;;-1;;;;;3*-1;2*+4/p-4. The van der Waals surface area contributed by atoms with Crippen molar-refractivity contribution < 1.29 is 72.6 Å². The molecule has 0 aromatic heterocycles. The largest absolute Gasteiger partial charge is 0.693 e. The Labute approximate surface area is 342 Å². The molecule has 2 aromatic rings. The SMILES string of the molecule is Cc1ccc(C(=O)O)c(C)c1.Cc1ccc(C(=O)O)c(C)c1.O=C(O)NC1CCCCC1.O=C(O)NC1CCCCC1.[CH3-].[Cl][Pt+2][Cl].[Cl][Pt+2][Cl].[NH2-].[NH2-].[NH2-]. The van der Waals surface area contributed by atoms with Crippen molar-refractivity contribution in [2.45, 2.75) is 104 Å². The number of carboxylic acids is 2. The molecule has 2 fully saturated rings. The first-order chi connectivity index (χ1) is 22.6. The van der Waals surface area contributed by atoms with E-state index in [1.807, 2.05) is 26.0 Å². The maximum atomic E-state index is 10.5. The van der Waals surface area contributed by atoms with E-state index in [9.17, 15) is 19.2 Å². The second-order valence-corrected chi connectivity index (χ2v) is 17.5. The van der Waals surface area contributed by atoms with Crippen molar-refractivity contribution in [1.82, 2.24) is 10.6 Å². The molecule has 13 nitrogen and oxygen atoms in total. The van der Waals surface area contributed by atoms with Crippen LogP contribution < -0.4 is 10.6 Å². The Hall–Kier alpha value is -1.66. The van der Waals surface area contributed by atoms with Gasteiger partial charge in [-0.2, -0.15) is 0 Å². The van der Waals surface area contributed by atoms with Crippen molar-refractivity contribution >= 4 is 61.8 Å². The summed E-state index contributed by atoms with van der Waals surface area (Å²) in [6, 6.07) is 11.1. The van der Waals surface area contributed by atoms with E-state index in [0.717, 1.165) is 47.9 Å². The smallest absolute Gasteiger partial charge is 0.693 e. The maximum absolute atomic E-state index is 10.5. The zero-order chi connectivity index (χ0) is 37.1. The zero-order valence-electron chi connectivity index (χ0n) is 30.0. The van der Waals surface area contributed by atoms with E-state index in [0.29, 0.717) is 11.1 Å². The van der Waals surface area contributed by atoms with Gasteiger partial charge in [0, 0.05) is 12.1 Å². The molecule has 0 heterocycles. The van der Waals surface area contributed by atoms with Crippen LogP contribution in [0.2, 0.25) is 0 Å². The minimum Gasteiger partial charge on any atom is -0.693 e. The molecule has 0 unspecified atom stereocenters. The van der Waals surface area contributed by atoms with Crippen LogP contribution in [0.4, 0.5) is 9.59 Å². The Balaban J connectivity index is -0.000000126. The van der Waals surface area contributed by atoms with Gasteiger partial charge in [0.25, 0.3) is 0 Å². The molecule has 0 radical (unpaired) electrons. The molecule has 2 saturated carbocycles. The minimum atomic E-state index is -0.882. The van der Waals surface area contributed by atoms with Crippen LogP contribution in [0.1, 0.15) is 107 Å². The van der Waals surface area contributed by atoms with Gasteiger partial charge in [-0.1, -0.05) is 73.9 Å². The first-order valence-electron chi connectivity index (χ1n) is 14.9. The van der Waals surface area contributed by atoms with Gasteiger partial charge in [-0.3, -0.25) is 0 Å². The number of benzene rings is 2. The monoisotopic (exact) mass is 1180 g/mol. The van der Waals surface area contributed by atoms with Crippen molar-refractivity contribution in [3.05, 3.63) is 95.7 Å². The third-order valence-corrected chi connectivity index (χ3v) is 7.09. The van der Waals surface area contributed by atoms with Crippen molar-refractivity contribution in [3.63, 3.8) is 0 Å². The van der Waals surface area contributed by atoms with Crippen molar-refractivity contribution in [3.8, 4) is 0 Å². The van der Waals surface area contributed by atoms with Gasteiger partial charge in [0.15, 0.2) is 0 Å². The average molecular weight is 1180 g/mol. The maximum Gasteiger partial charge on any atom is -0.693 e. The molecular formula is C33H55Cl4N5O8Pt2. The summed E-state index contributed by atoms with van der Waals surface area (Å²) in [5.41, 5.74) is 4.58. The third-order valence-electron chi connectivity index (χ3n) is 7.09. The summed E-state index contributed by atoms with van der Waals surface area (Å²) >= 11 is -0.944. The molecule has 2 amide bonds. The molecule has 2 aromatic carbocycles. The number of aromatic carboxylic acids is 2. The molecule has 0 atom stereocenters. The number of hydrogen-bond donors (Lipinski definition) is 6. The minimum absolute atomic E-state index is 0. The van der Waals surface area contributed by atoms with E-state index in [1.165, 1.54) is 38.5 Å². The topological polar surface area (TPSA) is 274 Å². The summed E-state index contributed by atoms with van der Waals surface area (Å²) in [6.45, 7) is 7.49. The predicted molar refractivity (Wildman–Crippen MR) is 207 cm³/mol. The van der Waals surface area contributed by atoms with Gasteiger partial charge in [0.1, 0.15) is 0 Å². The summed E-state index contributed by atoms with van der Waals surface area (Å²) in [7, 11) is 19.5. The number of aryl methyl sites for hydroxylation is 4. The van der Waals surface area contributed by atoms with Crippen molar-refractivity contribution in [2.24, 2.45) is 0 Å². The second-order valence-electron chi connectivity index (χ2n) is 10.9. The second kappa shape index (κ2) is 39.0. The number of nitrogens with two attached hydrogens (primary N) is 3. The number of amides is 2. The zero-order valence-corrected chi connectivity index (χ0v) is 37.6. The predicted octanol–water partition coefficient (Wildman–Crippen LogP) is 12.5. The summed E-state index contributed by atoms with van der Waals surface area (Å²) in [4.78, 5) is 41.4. The van der Waals surface area contributed by atoms with E-state index < -0.39 is 57.1 Å². The summed E-state index contributed by atoms with van der Waals surface area (Å²) < 4.78 is 0. The Morgan fingerprint density at radius 3 is 1.00 bits per heavy atom. The number of carboxylic acid groups (broad SMARTS) is 4. The molecular weight excluding hydrogens is 1130 g/mol. The van der Waals surface area contributed by atoms with Crippen LogP contribution in [-0.4, -0.2) is 56.6 Å². The molecule has 2 aliphatic rings. The molecule has 12 N–H and O–H groups in total. The van der Waals surface area contributed by atoms with Crippen LogP contribution in [0.3, 0.4) is 0 Å². The number of nitrogens with one attached hydrogen (secondary N) is 2. The third kappa shape index (κ3) is 34.1. The molecule has 52 heavy (non-hydrogen) atoms. The Bertz CT molecular complexity index is 1150. The van der Waals surface area contributed by atoms with E-state index in [2.05, 4.69) is 10.6 Å². The molecule has 0 saturated heterocycles. The summed E-state index contributed by atoms with van der Waals surface area (Å²) in [6.07, 6.45) is 9.53. The van der Waals surface area contributed by atoms with Gasteiger partial charge in [-0.25, -0.2) is 19.2 Å². The number of halogens is 4. The normalized spacial score (nSPS) is 12.8. The van der Waals surface area contributed by atoms with Gasteiger partial charge < -0.3 is 56.9 Å². The van der Waals surface area contributed by atoms with Crippen molar-refractivity contribution in [1.29, 1.82) is 0 Å². The van der Waals surface area contributed by atoms with Gasteiger partial charge in [-0.15, -0.1) is 0 Å². The van der Waals surface area contributed by atoms with E-state index >= 15 is 0 Å². The Kier molecular flexibility index (Phi) is 46.8. The van der Waals surface area contributed by atoms with E-state index in [-0.39, 0.29) is 38.0 Å². The van der Waals surface area contributed by atoms with Gasteiger partial charge in [0.2, 0.25) is 0 Å². The Morgan fingerprint density at radius 1 is 0.558 bits per heavy atom. The van der Waals surface area contributed by atoms with Crippen LogP contribution in [0.5, 0.6) is 0 Å². The molecule has 19 heteroatoms. The van der Waals surface area contributed by atoms with Crippen LogP contribution in [-0.2, 0) is 33.0 Å². The Morgan fingerprint density at radius 2 is 0.808 bits per heavy atom. The van der Waals surface area contributed by atoms with Gasteiger partial charge >= 0.3 is 94.8 Å². The van der Waals surface area contributed by atoms with Crippen LogP contribution in [0.15, 0.2) is 36.4 Å². The molecule has 0 spiro atoms. The van der Waals surface area contributed by atoms with Crippen LogP contribution in [0.25, 0.3) is 18.5 Å². The van der Waals surface area contributed by atoms with E-state index in [1.54, 1.807) is 38.1 Å². The summed E-state index contributed by atoms with van der Waals surface area (Å²) in [5.74, 6) is -1.72. The fourth-order valence-corrected chi connectivity index (χ4v) is 4.95. The molecule has 308 valence electrons. The fourth-order valence-electron chi connectivity index (χ4n) is 4.95. The average Bonchev–Trinajstić information content (AvgIpc) is 2.99. The van der Waals surface area contributed by atoms with Gasteiger partial charge in [-0.05, 0) is 76.6 Å². The quantitative estimate of drug-likeness (QED) is 0.160. The molecule has 4 rings (SSSR count). The van der Waals surface area contributed by atoms with Crippen molar-refractivity contribution in [2.75, 3.05) is 0 Å². The fraction of sp³-hybridized carbons (Fsp3) is 0.485. The number of carbonyl (C=O) groups is 4. The number of rotatable bonds is 4. The van der Waals surface area contributed by atoms with Crippen LogP contribution >= 0.6 is 37.7 Å². The van der Waals surface area contributed by atoms with Gasteiger partial charge in [0.05, 0.1) is 11.1 Å². The first kappa shape index (κ1) is 62.3. The molecule has 0 aliphatic heterocycles.